The molecule has 0 amide bonds. The van der Waals surface area contributed by atoms with Gasteiger partial charge in [-0.2, -0.15) is 0 Å². The van der Waals surface area contributed by atoms with E-state index in [4.69, 9.17) is 5.73 Å². The summed E-state index contributed by atoms with van der Waals surface area (Å²) in [5, 5.41) is 0. The smallest absolute Gasteiger partial charge is 0.0704 e. The van der Waals surface area contributed by atoms with Crippen molar-refractivity contribution in [3.05, 3.63) is 59.4 Å². The largest absolute Gasteiger partial charge is 0.363 e. The van der Waals surface area contributed by atoms with Crippen molar-refractivity contribution in [3.63, 3.8) is 0 Å². The third-order valence-electron chi connectivity index (χ3n) is 2.36. The second kappa shape index (κ2) is 3.68. The molecule has 0 saturated heterocycles. The zero-order valence-corrected chi connectivity index (χ0v) is 8.20. The quantitative estimate of drug-likeness (QED) is 0.742. The van der Waals surface area contributed by atoms with E-state index in [1.807, 2.05) is 24.4 Å². The highest BCUT2D eigenvalue weighted by Crippen LogP contribution is 2.18. The lowest BCUT2D eigenvalue weighted by atomic mass is 10.0. The van der Waals surface area contributed by atoms with Crippen LogP contribution >= 0.6 is 0 Å². The number of aromatic amines is 1. The molecule has 0 saturated carbocycles. The molecule has 1 aromatic carbocycles. The molecule has 14 heavy (non-hydrogen) atoms. The average Bonchev–Trinajstić information content (AvgIpc) is 2.69. The first-order valence-corrected chi connectivity index (χ1v) is 4.73. The lowest BCUT2D eigenvalue weighted by molar-refractivity contribution is 0.837. The van der Waals surface area contributed by atoms with Crippen LogP contribution in [-0.2, 0) is 0 Å². The number of benzene rings is 1. The van der Waals surface area contributed by atoms with Gasteiger partial charge in [-0.1, -0.05) is 29.8 Å². The van der Waals surface area contributed by atoms with Crippen molar-refractivity contribution in [1.29, 1.82) is 0 Å². The summed E-state index contributed by atoms with van der Waals surface area (Å²) < 4.78 is 0. The van der Waals surface area contributed by atoms with Crippen molar-refractivity contribution in [1.82, 2.24) is 4.98 Å². The van der Waals surface area contributed by atoms with Gasteiger partial charge in [-0.3, -0.25) is 0 Å². The lowest BCUT2D eigenvalue weighted by Gasteiger charge is -2.10. The van der Waals surface area contributed by atoms with Crippen molar-refractivity contribution in [3.8, 4) is 0 Å². The van der Waals surface area contributed by atoms with Crippen LogP contribution in [0.25, 0.3) is 0 Å². The average molecular weight is 186 g/mol. The summed E-state index contributed by atoms with van der Waals surface area (Å²) in [5.41, 5.74) is 9.54. The van der Waals surface area contributed by atoms with Crippen LogP contribution in [0.3, 0.4) is 0 Å². The molecule has 0 aliphatic heterocycles. The van der Waals surface area contributed by atoms with E-state index in [9.17, 15) is 0 Å². The lowest BCUT2D eigenvalue weighted by Crippen LogP contribution is -2.12. The summed E-state index contributed by atoms with van der Waals surface area (Å²) in [6, 6.07) is 12.2. The summed E-state index contributed by atoms with van der Waals surface area (Å²) >= 11 is 0. The Morgan fingerprint density at radius 3 is 2.71 bits per heavy atom. The Morgan fingerprint density at radius 2 is 2.07 bits per heavy atom. The van der Waals surface area contributed by atoms with Gasteiger partial charge in [0.1, 0.15) is 0 Å². The number of aryl methyl sites for hydroxylation is 1. The molecule has 0 aliphatic rings. The molecule has 72 valence electrons. The van der Waals surface area contributed by atoms with Gasteiger partial charge in [0.25, 0.3) is 0 Å². The fraction of sp³-hybridized carbons (Fsp3) is 0.167. The molecule has 0 fully saturated rings. The Kier molecular flexibility index (Phi) is 2.37. The van der Waals surface area contributed by atoms with Gasteiger partial charge in [-0.25, -0.2) is 0 Å². The van der Waals surface area contributed by atoms with E-state index in [1.54, 1.807) is 0 Å². The van der Waals surface area contributed by atoms with Crippen LogP contribution in [0.4, 0.5) is 0 Å². The molecule has 1 atom stereocenters. The molecule has 2 rings (SSSR count). The van der Waals surface area contributed by atoms with E-state index in [0.29, 0.717) is 0 Å². The highest BCUT2D eigenvalue weighted by molar-refractivity contribution is 5.30. The van der Waals surface area contributed by atoms with Crippen LogP contribution in [0.5, 0.6) is 0 Å². The van der Waals surface area contributed by atoms with Crippen molar-refractivity contribution in [2.75, 3.05) is 0 Å². The maximum atomic E-state index is 6.10. The second-order valence-corrected chi connectivity index (χ2v) is 3.52. The van der Waals surface area contributed by atoms with E-state index in [-0.39, 0.29) is 6.04 Å². The first kappa shape index (κ1) is 9.03. The molecule has 0 spiro atoms. The normalized spacial score (nSPS) is 12.7. The van der Waals surface area contributed by atoms with Crippen molar-refractivity contribution in [2.45, 2.75) is 13.0 Å². The van der Waals surface area contributed by atoms with E-state index in [2.05, 4.69) is 30.1 Å². The summed E-state index contributed by atoms with van der Waals surface area (Å²) in [6.45, 7) is 2.07. The minimum Gasteiger partial charge on any atom is -0.363 e. The number of rotatable bonds is 2. The van der Waals surface area contributed by atoms with Crippen LogP contribution < -0.4 is 5.73 Å². The Labute approximate surface area is 83.8 Å². The number of aromatic nitrogens is 1. The molecule has 1 heterocycles. The number of H-pyrrole nitrogens is 1. The van der Waals surface area contributed by atoms with Crippen molar-refractivity contribution >= 4 is 0 Å². The first-order valence-electron chi connectivity index (χ1n) is 4.73. The molecule has 0 radical (unpaired) electrons. The van der Waals surface area contributed by atoms with Gasteiger partial charge in [0, 0.05) is 11.9 Å². The Morgan fingerprint density at radius 1 is 1.21 bits per heavy atom. The van der Waals surface area contributed by atoms with E-state index >= 15 is 0 Å². The third kappa shape index (κ3) is 1.70. The molecule has 1 unspecified atom stereocenters. The number of hydrogen-bond donors (Lipinski definition) is 2. The summed E-state index contributed by atoms with van der Waals surface area (Å²) in [4.78, 5) is 3.13. The summed E-state index contributed by atoms with van der Waals surface area (Å²) in [5.74, 6) is 0. The highest BCUT2D eigenvalue weighted by atomic mass is 14.8. The predicted octanol–water partition coefficient (Wildman–Crippen LogP) is 2.37. The van der Waals surface area contributed by atoms with Gasteiger partial charge in [0.05, 0.1) is 6.04 Å². The minimum atomic E-state index is -0.0510. The molecule has 1 aromatic heterocycles. The summed E-state index contributed by atoms with van der Waals surface area (Å²) in [7, 11) is 0. The SMILES string of the molecule is Cc1cccc(C(N)c2ccc[nH]2)c1. The van der Waals surface area contributed by atoms with Crippen molar-refractivity contribution in [2.24, 2.45) is 5.73 Å². The zero-order chi connectivity index (χ0) is 9.97. The minimum absolute atomic E-state index is 0.0510. The number of nitrogens with two attached hydrogens (primary N) is 1. The molecule has 0 aliphatic carbocycles. The van der Waals surface area contributed by atoms with Crippen LogP contribution in [0.15, 0.2) is 42.6 Å². The monoisotopic (exact) mass is 186 g/mol. The Bertz CT molecular complexity index is 404. The van der Waals surface area contributed by atoms with E-state index in [0.717, 1.165) is 11.3 Å². The van der Waals surface area contributed by atoms with Gasteiger partial charge in [0.15, 0.2) is 0 Å². The van der Waals surface area contributed by atoms with Gasteiger partial charge in [-0.05, 0) is 24.6 Å². The maximum absolute atomic E-state index is 6.10. The zero-order valence-electron chi connectivity index (χ0n) is 8.20. The van der Waals surface area contributed by atoms with Crippen LogP contribution in [0, 0.1) is 6.92 Å². The second-order valence-electron chi connectivity index (χ2n) is 3.52. The third-order valence-corrected chi connectivity index (χ3v) is 2.36. The fourth-order valence-corrected chi connectivity index (χ4v) is 1.58. The number of nitrogens with one attached hydrogen (secondary N) is 1. The van der Waals surface area contributed by atoms with Gasteiger partial charge >= 0.3 is 0 Å². The van der Waals surface area contributed by atoms with Gasteiger partial charge in [-0.15, -0.1) is 0 Å². The predicted molar refractivity (Wildman–Crippen MR) is 58.0 cm³/mol. The van der Waals surface area contributed by atoms with E-state index in [1.165, 1.54) is 5.56 Å². The van der Waals surface area contributed by atoms with Gasteiger partial charge < -0.3 is 10.7 Å². The highest BCUT2D eigenvalue weighted by Gasteiger charge is 2.08. The Hall–Kier alpha value is -1.54. The first-order chi connectivity index (χ1) is 6.77. The van der Waals surface area contributed by atoms with Crippen LogP contribution in [0.1, 0.15) is 22.9 Å². The van der Waals surface area contributed by atoms with Crippen molar-refractivity contribution < 1.29 is 0 Å². The maximum Gasteiger partial charge on any atom is 0.0704 e. The number of hydrogen-bond acceptors (Lipinski definition) is 1. The molecule has 0 bridgehead atoms. The van der Waals surface area contributed by atoms with Gasteiger partial charge in [0.2, 0.25) is 0 Å². The molecule has 2 aromatic rings. The van der Waals surface area contributed by atoms with E-state index < -0.39 is 0 Å². The van der Waals surface area contributed by atoms with Crippen LogP contribution in [-0.4, -0.2) is 4.98 Å². The topological polar surface area (TPSA) is 41.8 Å². The fourth-order valence-electron chi connectivity index (χ4n) is 1.58. The molecular formula is C12H14N2. The Balaban J connectivity index is 2.32. The van der Waals surface area contributed by atoms with Crippen LogP contribution in [0.2, 0.25) is 0 Å². The molecule has 2 heteroatoms. The molecular weight excluding hydrogens is 172 g/mol. The standard InChI is InChI=1S/C12H14N2/c1-9-4-2-5-10(8-9)12(13)11-6-3-7-14-11/h2-8,12,14H,13H2,1H3. The molecule has 3 N–H and O–H groups in total. The molecule has 2 nitrogen and oxygen atoms in total. The summed E-state index contributed by atoms with van der Waals surface area (Å²) in [6.07, 6.45) is 1.89.